The molecule has 1 aliphatic heterocycles. The molecular formula is C18H19N3O2S. The van der Waals surface area contributed by atoms with Crippen LogP contribution in [-0.4, -0.2) is 28.0 Å². The highest BCUT2D eigenvalue weighted by Gasteiger charge is 2.15. The molecule has 1 saturated heterocycles. The molecule has 5 nitrogen and oxygen atoms in total. The largest absolute Gasteiger partial charge is 0.381 e. The first-order chi connectivity index (χ1) is 11.8. The molecule has 1 N–H and O–H groups in total. The van der Waals surface area contributed by atoms with E-state index in [0.717, 1.165) is 30.9 Å². The highest BCUT2D eigenvalue weighted by atomic mass is 32.1. The molecule has 6 heteroatoms. The Hall–Kier alpha value is -2.18. The van der Waals surface area contributed by atoms with Crippen molar-refractivity contribution in [2.24, 2.45) is 0 Å². The standard InChI is InChI=1S/C18H19N3O2S/c22-18-20-19-12-21(18)11-16-5-6-17(24-16)15-3-1-13(2-4-15)14-7-9-23-10-8-14/h1-6,12,14H,7-11H2,(H,20,22). The molecule has 0 amide bonds. The van der Waals surface area contributed by atoms with Gasteiger partial charge < -0.3 is 4.74 Å². The summed E-state index contributed by atoms with van der Waals surface area (Å²) in [6.45, 7) is 2.29. The number of benzene rings is 1. The van der Waals surface area contributed by atoms with Crippen LogP contribution in [0.15, 0.2) is 47.5 Å². The lowest BCUT2D eigenvalue weighted by molar-refractivity contribution is 0.0853. The Morgan fingerprint density at radius 1 is 1.17 bits per heavy atom. The molecule has 3 heterocycles. The van der Waals surface area contributed by atoms with E-state index in [2.05, 4.69) is 46.6 Å². The second kappa shape index (κ2) is 6.75. The Kier molecular flexibility index (Phi) is 4.32. The first-order valence-corrected chi connectivity index (χ1v) is 8.98. The lowest BCUT2D eigenvalue weighted by atomic mass is 9.91. The summed E-state index contributed by atoms with van der Waals surface area (Å²) in [6, 6.07) is 13.1. The number of H-pyrrole nitrogens is 1. The fourth-order valence-corrected chi connectivity index (χ4v) is 4.13. The summed E-state index contributed by atoms with van der Waals surface area (Å²) in [5.41, 5.74) is 2.45. The van der Waals surface area contributed by atoms with Crippen LogP contribution in [0.2, 0.25) is 0 Å². The number of rotatable bonds is 4. The van der Waals surface area contributed by atoms with Crippen molar-refractivity contribution in [2.45, 2.75) is 25.3 Å². The maximum absolute atomic E-state index is 11.5. The second-order valence-electron chi connectivity index (χ2n) is 6.06. The molecule has 24 heavy (non-hydrogen) atoms. The van der Waals surface area contributed by atoms with E-state index in [-0.39, 0.29) is 5.69 Å². The fourth-order valence-electron chi connectivity index (χ4n) is 3.12. The monoisotopic (exact) mass is 341 g/mol. The van der Waals surface area contributed by atoms with Gasteiger partial charge in [-0.1, -0.05) is 24.3 Å². The second-order valence-corrected chi connectivity index (χ2v) is 7.23. The minimum absolute atomic E-state index is 0.175. The predicted molar refractivity (Wildman–Crippen MR) is 94.5 cm³/mol. The van der Waals surface area contributed by atoms with E-state index in [4.69, 9.17) is 4.74 Å². The number of ether oxygens (including phenoxy) is 1. The topological polar surface area (TPSA) is 59.9 Å². The quantitative estimate of drug-likeness (QED) is 0.792. The molecule has 0 spiro atoms. The van der Waals surface area contributed by atoms with E-state index in [1.807, 2.05) is 0 Å². The molecule has 124 valence electrons. The van der Waals surface area contributed by atoms with E-state index in [1.54, 1.807) is 15.9 Å². The minimum Gasteiger partial charge on any atom is -0.381 e. The Morgan fingerprint density at radius 2 is 1.96 bits per heavy atom. The summed E-state index contributed by atoms with van der Waals surface area (Å²) >= 11 is 1.71. The van der Waals surface area contributed by atoms with Crippen molar-refractivity contribution < 1.29 is 4.74 Å². The molecule has 3 aromatic rings. The minimum atomic E-state index is -0.175. The zero-order valence-electron chi connectivity index (χ0n) is 13.3. The molecule has 0 bridgehead atoms. The SMILES string of the molecule is O=c1[nH]ncn1Cc1ccc(-c2ccc(C3CCOCC3)cc2)s1. The van der Waals surface area contributed by atoms with Crippen LogP contribution in [0.4, 0.5) is 0 Å². The predicted octanol–water partition coefficient (Wildman–Crippen LogP) is 3.24. The van der Waals surface area contributed by atoms with Crippen LogP contribution >= 0.6 is 11.3 Å². The smallest absolute Gasteiger partial charge is 0.343 e. The Balaban J connectivity index is 1.49. The highest BCUT2D eigenvalue weighted by molar-refractivity contribution is 7.15. The maximum Gasteiger partial charge on any atom is 0.343 e. The third-order valence-electron chi connectivity index (χ3n) is 4.49. The maximum atomic E-state index is 11.5. The van der Waals surface area contributed by atoms with Gasteiger partial charge in [0, 0.05) is 23.0 Å². The third-order valence-corrected chi connectivity index (χ3v) is 5.61. The Morgan fingerprint density at radius 3 is 2.67 bits per heavy atom. The van der Waals surface area contributed by atoms with Gasteiger partial charge in [-0.05, 0) is 42.0 Å². The molecular weight excluding hydrogens is 322 g/mol. The van der Waals surface area contributed by atoms with Gasteiger partial charge in [0.05, 0.1) is 6.54 Å². The van der Waals surface area contributed by atoms with Gasteiger partial charge in [0.2, 0.25) is 0 Å². The van der Waals surface area contributed by atoms with Crippen LogP contribution in [0.25, 0.3) is 10.4 Å². The summed E-state index contributed by atoms with van der Waals surface area (Å²) in [6.07, 6.45) is 3.76. The van der Waals surface area contributed by atoms with Gasteiger partial charge >= 0.3 is 5.69 Å². The third kappa shape index (κ3) is 3.20. The van der Waals surface area contributed by atoms with E-state index < -0.39 is 0 Å². The highest BCUT2D eigenvalue weighted by Crippen LogP contribution is 2.32. The van der Waals surface area contributed by atoms with Gasteiger partial charge in [-0.3, -0.25) is 4.57 Å². The van der Waals surface area contributed by atoms with Gasteiger partial charge in [-0.2, -0.15) is 5.10 Å². The normalized spacial score (nSPS) is 15.7. The van der Waals surface area contributed by atoms with Crippen molar-refractivity contribution in [2.75, 3.05) is 13.2 Å². The van der Waals surface area contributed by atoms with Crippen molar-refractivity contribution in [1.29, 1.82) is 0 Å². The summed E-state index contributed by atoms with van der Waals surface area (Å²) < 4.78 is 7.01. The van der Waals surface area contributed by atoms with Gasteiger partial charge in [-0.15, -0.1) is 11.3 Å². The number of aromatic amines is 1. The average molecular weight is 341 g/mol. The van der Waals surface area contributed by atoms with Crippen molar-refractivity contribution in [1.82, 2.24) is 14.8 Å². The van der Waals surface area contributed by atoms with Gasteiger partial charge in [0.1, 0.15) is 6.33 Å². The van der Waals surface area contributed by atoms with Crippen LogP contribution < -0.4 is 5.69 Å². The summed E-state index contributed by atoms with van der Waals surface area (Å²) in [5, 5.41) is 6.18. The fraction of sp³-hybridized carbons (Fsp3) is 0.333. The van der Waals surface area contributed by atoms with Crippen molar-refractivity contribution in [3.63, 3.8) is 0 Å². The zero-order chi connectivity index (χ0) is 16.4. The molecule has 2 aromatic heterocycles. The number of nitrogens with one attached hydrogen (secondary N) is 1. The first kappa shape index (κ1) is 15.4. The zero-order valence-corrected chi connectivity index (χ0v) is 14.1. The Bertz CT molecular complexity index is 857. The average Bonchev–Trinajstić information content (AvgIpc) is 3.26. The lowest BCUT2D eigenvalue weighted by Gasteiger charge is -2.22. The van der Waals surface area contributed by atoms with Crippen molar-refractivity contribution in [3.05, 3.63) is 63.7 Å². The summed E-state index contributed by atoms with van der Waals surface area (Å²) in [7, 11) is 0. The summed E-state index contributed by atoms with van der Waals surface area (Å²) in [4.78, 5) is 13.9. The molecule has 1 fully saturated rings. The number of hydrogen-bond acceptors (Lipinski definition) is 4. The van der Waals surface area contributed by atoms with Gasteiger partial charge in [-0.25, -0.2) is 9.89 Å². The Labute approximate surface area is 143 Å². The van der Waals surface area contributed by atoms with Crippen LogP contribution in [0.1, 0.15) is 29.2 Å². The van der Waals surface area contributed by atoms with Crippen molar-refractivity contribution in [3.8, 4) is 10.4 Å². The number of thiophene rings is 1. The molecule has 0 unspecified atom stereocenters. The molecule has 0 saturated carbocycles. The van der Waals surface area contributed by atoms with E-state index in [9.17, 15) is 4.79 Å². The summed E-state index contributed by atoms with van der Waals surface area (Å²) in [5.74, 6) is 0.625. The molecule has 1 aromatic carbocycles. The number of aromatic nitrogens is 3. The molecule has 0 atom stereocenters. The lowest BCUT2D eigenvalue weighted by Crippen LogP contribution is -2.16. The van der Waals surface area contributed by atoms with Gasteiger partial charge in [0.15, 0.2) is 0 Å². The number of hydrogen-bond donors (Lipinski definition) is 1. The van der Waals surface area contributed by atoms with E-state index in [0.29, 0.717) is 12.5 Å². The molecule has 0 radical (unpaired) electrons. The van der Waals surface area contributed by atoms with Crippen LogP contribution in [0.5, 0.6) is 0 Å². The van der Waals surface area contributed by atoms with E-state index >= 15 is 0 Å². The molecule has 4 rings (SSSR count). The molecule has 1 aliphatic rings. The number of nitrogens with zero attached hydrogens (tertiary/aromatic N) is 2. The van der Waals surface area contributed by atoms with Crippen molar-refractivity contribution >= 4 is 11.3 Å². The van der Waals surface area contributed by atoms with Gasteiger partial charge in [0.25, 0.3) is 0 Å². The molecule has 0 aliphatic carbocycles. The first-order valence-electron chi connectivity index (χ1n) is 8.16. The van der Waals surface area contributed by atoms with Crippen LogP contribution in [0.3, 0.4) is 0 Å². The van der Waals surface area contributed by atoms with Crippen LogP contribution in [-0.2, 0) is 11.3 Å². The van der Waals surface area contributed by atoms with E-state index in [1.165, 1.54) is 22.3 Å². The van der Waals surface area contributed by atoms with Crippen LogP contribution in [0, 0.1) is 0 Å².